The molecule has 5 nitrogen and oxygen atoms in total. The molecule has 4 aromatic rings. The number of hydrogen-bond acceptors (Lipinski definition) is 5. The third kappa shape index (κ3) is 3.93. The number of rotatable bonds is 6. The van der Waals surface area contributed by atoms with E-state index in [1.165, 1.54) is 23.5 Å². The summed E-state index contributed by atoms with van der Waals surface area (Å²) in [5.41, 5.74) is 3.80. The number of nitrogens with zero attached hydrogens (tertiary/aromatic N) is 1. The van der Waals surface area contributed by atoms with Gasteiger partial charge in [0, 0.05) is 28.3 Å². The van der Waals surface area contributed by atoms with Gasteiger partial charge in [0.25, 0.3) is 0 Å². The Morgan fingerprint density at radius 3 is 3.13 bits per heavy atom. The third-order valence-electron chi connectivity index (χ3n) is 5.68. The smallest absolute Gasteiger partial charge is 0.224 e. The summed E-state index contributed by atoms with van der Waals surface area (Å²) in [6.07, 6.45) is 5.73. The van der Waals surface area contributed by atoms with Gasteiger partial charge in [0.1, 0.15) is 23.4 Å². The lowest BCUT2D eigenvalue weighted by molar-refractivity contribution is -0.116. The van der Waals surface area contributed by atoms with Crippen molar-refractivity contribution in [3.05, 3.63) is 76.6 Å². The van der Waals surface area contributed by atoms with Crippen LogP contribution in [0.25, 0.3) is 10.1 Å². The standard InChI is InChI=1S/C24H21FN2O3S/c1-14-17-7-8-20(30-21-13-31-22-11-15(25)4-6-18(21)22)24(17)26-12-19(14)27-23(28)9-5-16-3-2-10-29-16/h2-4,6,10-13,20H,5,7-9H2,1H3,(H,27,28). The zero-order valence-corrected chi connectivity index (χ0v) is 17.8. The van der Waals surface area contributed by atoms with Crippen molar-refractivity contribution in [3.63, 3.8) is 0 Å². The number of furan rings is 1. The number of carbonyl (C=O) groups is 1. The van der Waals surface area contributed by atoms with Gasteiger partial charge >= 0.3 is 0 Å². The summed E-state index contributed by atoms with van der Waals surface area (Å²) in [6.45, 7) is 2.01. The van der Waals surface area contributed by atoms with Gasteiger partial charge in [-0.25, -0.2) is 4.39 Å². The average molecular weight is 437 g/mol. The van der Waals surface area contributed by atoms with Gasteiger partial charge in [-0.1, -0.05) is 0 Å². The molecular formula is C24H21FN2O3S. The van der Waals surface area contributed by atoms with Crippen LogP contribution in [-0.2, 0) is 17.6 Å². The number of aromatic nitrogens is 1. The molecule has 1 aliphatic carbocycles. The van der Waals surface area contributed by atoms with Crippen LogP contribution in [0.1, 0.15) is 41.5 Å². The minimum atomic E-state index is -0.247. The number of benzene rings is 1. The molecule has 1 aromatic carbocycles. The molecular weight excluding hydrogens is 415 g/mol. The first kappa shape index (κ1) is 19.8. The summed E-state index contributed by atoms with van der Waals surface area (Å²) in [4.78, 5) is 17.0. The predicted octanol–water partition coefficient (Wildman–Crippen LogP) is 5.97. The number of aryl methyl sites for hydroxylation is 1. The van der Waals surface area contributed by atoms with Crippen LogP contribution in [0.15, 0.2) is 52.6 Å². The van der Waals surface area contributed by atoms with Gasteiger partial charge < -0.3 is 14.5 Å². The summed E-state index contributed by atoms with van der Waals surface area (Å²) >= 11 is 1.47. The van der Waals surface area contributed by atoms with Gasteiger partial charge in [0.2, 0.25) is 5.91 Å². The zero-order valence-electron chi connectivity index (χ0n) is 17.0. The SMILES string of the molecule is Cc1c(NC(=O)CCc2ccco2)cnc2c1CCC2Oc1csc2cc(F)ccc12. The van der Waals surface area contributed by atoms with Crippen molar-refractivity contribution in [2.75, 3.05) is 5.32 Å². The lowest BCUT2D eigenvalue weighted by Crippen LogP contribution is -2.14. The number of carbonyl (C=O) groups excluding carboxylic acids is 1. The third-order valence-corrected chi connectivity index (χ3v) is 6.61. The fourth-order valence-corrected chi connectivity index (χ4v) is 4.93. The Morgan fingerprint density at radius 1 is 1.39 bits per heavy atom. The minimum Gasteiger partial charge on any atom is -0.483 e. The Balaban J connectivity index is 1.30. The number of thiophene rings is 1. The molecule has 1 aliphatic rings. The Bertz CT molecular complexity index is 1250. The molecule has 0 saturated carbocycles. The Morgan fingerprint density at radius 2 is 2.29 bits per heavy atom. The van der Waals surface area contributed by atoms with Gasteiger partial charge in [0.05, 0.1) is 23.8 Å². The summed E-state index contributed by atoms with van der Waals surface area (Å²) in [5.74, 6) is 1.24. The number of hydrogen-bond donors (Lipinski definition) is 1. The zero-order chi connectivity index (χ0) is 21.4. The van der Waals surface area contributed by atoms with Crippen molar-refractivity contribution in [2.24, 2.45) is 0 Å². The first-order valence-corrected chi connectivity index (χ1v) is 11.1. The molecule has 0 bridgehead atoms. The van der Waals surface area contributed by atoms with Crippen molar-refractivity contribution < 1.29 is 18.3 Å². The van der Waals surface area contributed by atoms with Crippen LogP contribution in [-0.4, -0.2) is 10.9 Å². The Hall–Kier alpha value is -3.19. The molecule has 1 amide bonds. The van der Waals surface area contributed by atoms with Gasteiger partial charge in [0.15, 0.2) is 0 Å². The van der Waals surface area contributed by atoms with Crippen LogP contribution < -0.4 is 10.1 Å². The van der Waals surface area contributed by atoms with Crippen LogP contribution in [0.5, 0.6) is 5.75 Å². The van der Waals surface area contributed by atoms with E-state index in [4.69, 9.17) is 9.15 Å². The maximum atomic E-state index is 13.5. The molecule has 1 atom stereocenters. The lowest BCUT2D eigenvalue weighted by atomic mass is 10.1. The molecule has 3 aromatic heterocycles. The Labute approximate surface area is 182 Å². The van der Waals surface area contributed by atoms with Gasteiger partial charge in [-0.2, -0.15) is 0 Å². The number of fused-ring (bicyclic) bond motifs is 2. The van der Waals surface area contributed by atoms with Gasteiger partial charge in [-0.3, -0.25) is 9.78 Å². The predicted molar refractivity (Wildman–Crippen MR) is 118 cm³/mol. The second-order valence-electron chi connectivity index (χ2n) is 7.67. The average Bonchev–Trinajstić information content (AvgIpc) is 3.50. The molecule has 158 valence electrons. The van der Waals surface area contributed by atoms with E-state index in [1.54, 1.807) is 18.5 Å². The summed E-state index contributed by atoms with van der Waals surface area (Å²) < 4.78 is 25.9. The van der Waals surface area contributed by atoms with E-state index in [9.17, 15) is 9.18 Å². The van der Waals surface area contributed by atoms with E-state index in [0.29, 0.717) is 12.8 Å². The maximum absolute atomic E-state index is 13.5. The molecule has 0 spiro atoms. The molecule has 0 aliphatic heterocycles. The highest BCUT2D eigenvalue weighted by Crippen LogP contribution is 2.41. The number of nitrogens with one attached hydrogen (secondary N) is 1. The second kappa shape index (κ2) is 8.15. The largest absolute Gasteiger partial charge is 0.483 e. The first-order valence-electron chi connectivity index (χ1n) is 10.2. The van der Waals surface area contributed by atoms with E-state index in [-0.39, 0.29) is 17.8 Å². The van der Waals surface area contributed by atoms with E-state index >= 15 is 0 Å². The number of anilines is 1. The summed E-state index contributed by atoms with van der Waals surface area (Å²) in [6, 6.07) is 8.42. The van der Waals surface area contributed by atoms with Crippen LogP contribution in [0.4, 0.5) is 10.1 Å². The quantitative estimate of drug-likeness (QED) is 0.404. The highest BCUT2D eigenvalue weighted by atomic mass is 32.1. The maximum Gasteiger partial charge on any atom is 0.224 e. The first-order chi connectivity index (χ1) is 15.1. The fraction of sp³-hybridized carbons (Fsp3) is 0.250. The lowest BCUT2D eigenvalue weighted by Gasteiger charge is -2.15. The molecule has 0 fully saturated rings. The monoisotopic (exact) mass is 436 g/mol. The topological polar surface area (TPSA) is 64.4 Å². The fourth-order valence-electron chi connectivity index (χ4n) is 4.04. The normalized spacial score (nSPS) is 15.2. The highest BCUT2D eigenvalue weighted by molar-refractivity contribution is 7.17. The van der Waals surface area contributed by atoms with Crippen molar-refractivity contribution in [3.8, 4) is 5.75 Å². The number of amides is 1. The van der Waals surface area contributed by atoms with E-state index in [2.05, 4.69) is 10.3 Å². The molecule has 1 unspecified atom stereocenters. The van der Waals surface area contributed by atoms with Crippen LogP contribution in [0.2, 0.25) is 0 Å². The van der Waals surface area contributed by atoms with Crippen LogP contribution >= 0.6 is 11.3 Å². The molecule has 0 saturated heterocycles. The summed E-state index contributed by atoms with van der Waals surface area (Å²) in [5, 5.41) is 5.81. The number of halogens is 1. The van der Waals surface area contributed by atoms with Crippen molar-refractivity contribution in [2.45, 2.75) is 38.7 Å². The van der Waals surface area contributed by atoms with Crippen LogP contribution in [0, 0.1) is 12.7 Å². The molecule has 5 rings (SSSR count). The highest BCUT2D eigenvalue weighted by Gasteiger charge is 2.29. The van der Waals surface area contributed by atoms with Gasteiger partial charge in [-0.15, -0.1) is 11.3 Å². The second-order valence-corrected chi connectivity index (χ2v) is 8.59. The van der Waals surface area contributed by atoms with Crippen LogP contribution in [0.3, 0.4) is 0 Å². The van der Waals surface area contributed by atoms with E-state index in [1.807, 2.05) is 24.4 Å². The Kier molecular flexibility index (Phi) is 5.19. The van der Waals surface area contributed by atoms with Gasteiger partial charge in [-0.05, 0) is 61.2 Å². The van der Waals surface area contributed by atoms with Crippen molar-refractivity contribution >= 4 is 33.0 Å². The molecule has 3 heterocycles. The molecule has 1 N–H and O–H groups in total. The van der Waals surface area contributed by atoms with Crippen molar-refractivity contribution in [1.82, 2.24) is 4.98 Å². The number of pyridine rings is 1. The minimum absolute atomic E-state index is 0.0657. The molecule has 31 heavy (non-hydrogen) atoms. The summed E-state index contributed by atoms with van der Waals surface area (Å²) in [7, 11) is 0. The van der Waals surface area contributed by atoms with E-state index < -0.39 is 0 Å². The number of ether oxygens (including phenoxy) is 1. The van der Waals surface area contributed by atoms with Crippen molar-refractivity contribution in [1.29, 1.82) is 0 Å². The molecule has 7 heteroatoms. The van der Waals surface area contributed by atoms with E-state index in [0.717, 1.165) is 56.9 Å². The molecule has 0 radical (unpaired) electrons.